The molecule has 4 rings (SSSR count). The summed E-state index contributed by atoms with van der Waals surface area (Å²) in [6.45, 7) is 2.01. The summed E-state index contributed by atoms with van der Waals surface area (Å²) in [7, 11) is 0. The number of hydrogen-bond acceptors (Lipinski definition) is 3. The molecule has 0 amide bonds. The van der Waals surface area contributed by atoms with Crippen LogP contribution < -0.4 is 0 Å². The highest BCUT2D eigenvalue weighted by Crippen LogP contribution is 2.66. The van der Waals surface area contributed by atoms with Crippen LogP contribution in [-0.4, -0.2) is 21.6 Å². The lowest BCUT2D eigenvalue weighted by Crippen LogP contribution is -2.53. The zero-order valence-electron chi connectivity index (χ0n) is 20.1. The molecule has 130 valence electrons. The van der Waals surface area contributed by atoms with E-state index < -0.39 is 41.4 Å². The molecular weight excluding hydrogens is 298 g/mol. The maximum absolute atomic E-state index is 11.2. The van der Waals surface area contributed by atoms with E-state index in [4.69, 9.17) is 13.3 Å². The van der Waals surface area contributed by atoms with Crippen LogP contribution >= 0.6 is 0 Å². The summed E-state index contributed by atoms with van der Waals surface area (Å²) < 4.78 is 51.9. The Kier molecular flexibility index (Phi) is 2.50. The number of nitrogens with zero attached hydrogens (tertiary/aromatic N) is 1. The van der Waals surface area contributed by atoms with Gasteiger partial charge in [0, 0.05) is 12.3 Å². The predicted molar refractivity (Wildman–Crippen MR) is 94.7 cm³/mol. The number of terminal acetylenes is 1. The lowest BCUT2D eigenvalue weighted by atomic mass is 9.49. The van der Waals surface area contributed by atoms with Crippen LogP contribution in [0.2, 0.25) is 0 Å². The van der Waals surface area contributed by atoms with E-state index in [2.05, 4.69) is 11.1 Å². The summed E-state index contributed by atoms with van der Waals surface area (Å²) in [6, 6.07) is -0.480. The maximum atomic E-state index is 11.2. The van der Waals surface area contributed by atoms with Gasteiger partial charge in [0.25, 0.3) is 0 Å². The molecule has 3 nitrogen and oxygen atoms in total. The Morgan fingerprint density at radius 1 is 1.38 bits per heavy atom. The van der Waals surface area contributed by atoms with Gasteiger partial charge in [0.2, 0.25) is 0 Å². The lowest BCUT2D eigenvalue weighted by molar-refractivity contribution is -0.0989. The average Bonchev–Trinajstić information content (AvgIpc) is 2.94. The van der Waals surface area contributed by atoms with Gasteiger partial charge < -0.3 is 10.3 Å². The normalized spacial score (nSPS) is 60.2. The van der Waals surface area contributed by atoms with Crippen LogP contribution in [0.1, 0.15) is 72.8 Å². The number of aliphatic hydroxyl groups is 1. The van der Waals surface area contributed by atoms with Crippen molar-refractivity contribution in [1.82, 2.24) is 0 Å². The van der Waals surface area contributed by atoms with E-state index >= 15 is 0 Å². The van der Waals surface area contributed by atoms with Gasteiger partial charge in [-0.05, 0) is 87.4 Å². The van der Waals surface area contributed by atoms with Crippen LogP contribution in [0.25, 0.3) is 0 Å². The van der Waals surface area contributed by atoms with Gasteiger partial charge in [-0.25, -0.2) is 0 Å². The molecule has 3 heteroatoms. The number of hydrogen-bond donors (Lipinski definition) is 2. The van der Waals surface area contributed by atoms with Crippen molar-refractivity contribution in [2.24, 2.45) is 34.2 Å². The van der Waals surface area contributed by atoms with Crippen molar-refractivity contribution in [3.63, 3.8) is 0 Å². The Bertz CT molecular complexity index is 879. The van der Waals surface area contributed by atoms with E-state index in [0.717, 1.165) is 0 Å². The molecule has 0 bridgehead atoms. The highest BCUT2D eigenvalue weighted by molar-refractivity contribution is 5.96. The highest BCUT2D eigenvalue weighted by Gasteiger charge is 2.63. The van der Waals surface area contributed by atoms with Crippen LogP contribution in [0.4, 0.5) is 0 Å². The summed E-state index contributed by atoms with van der Waals surface area (Å²) in [6.07, 6.45) is 4.22. The Morgan fingerprint density at radius 3 is 2.92 bits per heavy atom. The Balaban J connectivity index is 1.87. The summed E-state index contributed by atoms with van der Waals surface area (Å²) in [5, 5.41) is 23.5. The van der Waals surface area contributed by atoms with E-state index in [-0.39, 0.29) is 36.2 Å². The fourth-order valence-electron chi connectivity index (χ4n) is 6.05. The van der Waals surface area contributed by atoms with Crippen LogP contribution in [0.5, 0.6) is 0 Å². The van der Waals surface area contributed by atoms with Crippen molar-refractivity contribution in [3.8, 4) is 12.3 Å². The molecule has 0 spiro atoms. The summed E-state index contributed by atoms with van der Waals surface area (Å²) in [5.74, 6) is 0.408. The first-order valence-electron chi connectivity index (χ1n) is 12.0. The molecule has 24 heavy (non-hydrogen) atoms. The van der Waals surface area contributed by atoms with Crippen LogP contribution in [-0.2, 0) is 0 Å². The molecule has 0 aromatic heterocycles. The molecule has 0 aromatic carbocycles. The third-order valence-electron chi connectivity index (χ3n) is 7.23. The standard InChI is InChI=1S/C21H29NO2/c1-3-20-11-9-17-16-8-6-15(22-24)13-14(16)5-7-18(17)19(20)10-12-21(20,23)4-2/h2,13,16-19,23-24H,3,5-12H2,1H3/b22-15-/t16-,17?,18+,19?,20-,21-/m0/s1/i5D2,6D2,13D,16D. The SMILES string of the molecule is [2H]C1=C2C([2H])([2H])C[C@H]3C4CC[C@@](O)(C#C)[C@@]4(CC)CCC3[C@@]2([2H])CC([2H])([2H])/C1=N/O. The molecule has 2 N–H and O–H groups in total. The van der Waals surface area contributed by atoms with E-state index in [1.807, 2.05) is 6.92 Å². The van der Waals surface area contributed by atoms with E-state index in [1.165, 1.54) is 0 Å². The summed E-state index contributed by atoms with van der Waals surface area (Å²) >= 11 is 0. The van der Waals surface area contributed by atoms with Gasteiger partial charge in [-0.15, -0.1) is 6.42 Å². The fraction of sp³-hybridized carbons (Fsp3) is 0.762. The quantitative estimate of drug-likeness (QED) is 0.430. The molecule has 3 fully saturated rings. The Morgan fingerprint density at radius 2 is 2.21 bits per heavy atom. The van der Waals surface area contributed by atoms with Gasteiger partial charge in [-0.2, -0.15) is 0 Å². The van der Waals surface area contributed by atoms with Gasteiger partial charge in [0.1, 0.15) is 5.60 Å². The van der Waals surface area contributed by atoms with Gasteiger partial charge in [0.15, 0.2) is 0 Å². The van der Waals surface area contributed by atoms with Gasteiger partial charge in [-0.1, -0.05) is 23.6 Å². The smallest absolute Gasteiger partial charge is 0.131 e. The molecule has 2 unspecified atom stereocenters. The van der Waals surface area contributed by atoms with Crippen LogP contribution in [0.3, 0.4) is 0 Å². The number of fused-ring (bicyclic) bond motifs is 5. The van der Waals surface area contributed by atoms with Crippen LogP contribution in [0.15, 0.2) is 16.8 Å². The topological polar surface area (TPSA) is 52.8 Å². The second kappa shape index (κ2) is 5.63. The van der Waals surface area contributed by atoms with Gasteiger partial charge in [0.05, 0.1) is 7.08 Å². The number of allylic oxidation sites excluding steroid dienone is 2. The molecule has 6 atom stereocenters. The third-order valence-corrected chi connectivity index (χ3v) is 7.23. The molecule has 0 radical (unpaired) electrons. The largest absolute Gasteiger partial charge is 0.411 e. The maximum Gasteiger partial charge on any atom is 0.131 e. The number of rotatable bonds is 1. The Hall–Kier alpha value is -1.27. The van der Waals surface area contributed by atoms with Crippen molar-refractivity contribution in [2.75, 3.05) is 0 Å². The third kappa shape index (κ3) is 1.99. The monoisotopic (exact) mass is 333 g/mol. The summed E-state index contributed by atoms with van der Waals surface area (Å²) in [5.41, 5.74) is -2.32. The molecule has 4 aliphatic carbocycles. The molecule has 0 heterocycles. The van der Waals surface area contributed by atoms with E-state index in [9.17, 15) is 11.7 Å². The predicted octanol–water partition coefficient (Wildman–Crippen LogP) is 4.14. The molecule has 0 saturated heterocycles. The van der Waals surface area contributed by atoms with Crippen molar-refractivity contribution in [3.05, 3.63) is 11.6 Å². The number of oxime groups is 1. The van der Waals surface area contributed by atoms with Gasteiger partial charge in [-0.3, -0.25) is 0 Å². The van der Waals surface area contributed by atoms with Crippen molar-refractivity contribution < 1.29 is 18.5 Å². The fourth-order valence-corrected chi connectivity index (χ4v) is 6.05. The van der Waals surface area contributed by atoms with Crippen molar-refractivity contribution in [2.45, 2.75) is 70.2 Å². The second-order valence-electron chi connectivity index (χ2n) is 7.68. The minimum atomic E-state index is -2.19. The average molecular weight is 334 g/mol. The lowest BCUT2D eigenvalue weighted by Gasteiger charge is -2.56. The van der Waals surface area contributed by atoms with E-state index in [0.29, 0.717) is 32.1 Å². The van der Waals surface area contributed by atoms with Gasteiger partial charge >= 0.3 is 0 Å². The van der Waals surface area contributed by atoms with Crippen molar-refractivity contribution in [1.29, 1.82) is 0 Å². The molecule has 3 saturated carbocycles. The summed E-state index contributed by atoms with van der Waals surface area (Å²) in [4.78, 5) is 0. The first kappa shape index (κ1) is 10.7. The molecule has 4 aliphatic rings. The minimum Gasteiger partial charge on any atom is -0.411 e. The van der Waals surface area contributed by atoms with Crippen LogP contribution in [0, 0.1) is 41.4 Å². The molecule has 0 aromatic rings. The second-order valence-corrected chi connectivity index (χ2v) is 7.68. The highest BCUT2D eigenvalue weighted by atomic mass is 16.4. The van der Waals surface area contributed by atoms with E-state index in [1.54, 1.807) is 0 Å². The molecular formula is C21H29NO2. The first-order valence-corrected chi connectivity index (χ1v) is 8.98. The molecule has 0 aliphatic heterocycles. The van der Waals surface area contributed by atoms with Crippen molar-refractivity contribution >= 4 is 5.71 Å². The Labute approximate surface area is 153 Å². The zero-order chi connectivity index (χ0) is 22.3. The first-order chi connectivity index (χ1) is 13.8. The minimum absolute atomic E-state index is 0.0471. The zero-order valence-corrected chi connectivity index (χ0v) is 14.1.